The summed E-state index contributed by atoms with van der Waals surface area (Å²) in [5.74, 6) is 0. The molecule has 1 nitrogen and oxygen atoms in total. The first-order valence-electron chi connectivity index (χ1n) is 18.6. The second-order valence-corrected chi connectivity index (χ2v) is 14.9. The number of hydrogen-bond acceptors (Lipinski definition) is 0. The highest BCUT2D eigenvalue weighted by Gasteiger charge is 2.42. The monoisotopic (exact) mass is 675 g/mol. The van der Waals surface area contributed by atoms with Gasteiger partial charge in [-0.2, -0.15) is 0 Å². The summed E-state index contributed by atoms with van der Waals surface area (Å²) in [6, 6.07) is 71.7. The van der Waals surface area contributed by atoms with Crippen molar-refractivity contribution < 1.29 is 0 Å². The molecule has 0 saturated heterocycles. The van der Waals surface area contributed by atoms with E-state index in [9.17, 15) is 0 Å². The lowest BCUT2D eigenvalue weighted by atomic mass is 9.41. The summed E-state index contributed by atoms with van der Waals surface area (Å²) in [5, 5.41) is 2.52. The lowest BCUT2D eigenvalue weighted by Gasteiger charge is -2.39. The highest BCUT2D eigenvalue weighted by molar-refractivity contribution is 6.86. The molecule has 1 aromatic heterocycles. The second kappa shape index (κ2) is 12.4. The van der Waals surface area contributed by atoms with Crippen molar-refractivity contribution in [2.75, 3.05) is 0 Å². The quantitative estimate of drug-likeness (QED) is 0.160. The third-order valence-electron chi connectivity index (χ3n) is 11.5. The first-order valence-corrected chi connectivity index (χ1v) is 18.6. The minimum Gasteiger partial charge on any atom is -0.375 e. The Bertz CT molecular complexity index is 2590. The molecule has 0 aliphatic carbocycles. The van der Waals surface area contributed by atoms with E-state index in [1.54, 1.807) is 0 Å². The van der Waals surface area contributed by atoms with Crippen LogP contribution in [-0.4, -0.2) is 11.3 Å². The number of rotatable bonds is 5. The Morgan fingerprint density at radius 3 is 1.09 bits per heavy atom. The Morgan fingerprint density at radius 1 is 0.358 bits per heavy atom. The molecule has 2 heteroatoms. The second-order valence-electron chi connectivity index (χ2n) is 14.9. The van der Waals surface area contributed by atoms with E-state index in [0.717, 1.165) is 0 Å². The Balaban J connectivity index is 1.45. The summed E-state index contributed by atoms with van der Waals surface area (Å²) >= 11 is 0. The van der Waals surface area contributed by atoms with Gasteiger partial charge in [0, 0.05) is 38.3 Å². The van der Waals surface area contributed by atoms with E-state index >= 15 is 0 Å². The van der Waals surface area contributed by atoms with Crippen LogP contribution >= 0.6 is 0 Å². The maximum Gasteiger partial charge on any atom is 0.328 e. The van der Waals surface area contributed by atoms with Crippen LogP contribution in [-0.2, 0) is 5.41 Å². The van der Waals surface area contributed by atoms with E-state index < -0.39 is 0 Å². The Morgan fingerprint density at radius 2 is 0.698 bits per heavy atom. The molecule has 0 saturated carbocycles. The number of hydrogen-bond donors (Lipinski definition) is 0. The molecule has 10 rings (SSSR count). The summed E-state index contributed by atoms with van der Waals surface area (Å²) in [6.45, 7) is 4.72. The van der Waals surface area contributed by atoms with Gasteiger partial charge in [0.2, 0.25) is 0 Å². The van der Waals surface area contributed by atoms with Crippen molar-refractivity contribution in [3.05, 3.63) is 205 Å². The van der Waals surface area contributed by atoms with Gasteiger partial charge < -0.3 is 4.48 Å². The molecular formula is C51H38BN. The van der Waals surface area contributed by atoms with Crippen LogP contribution in [0, 0.1) is 0 Å². The van der Waals surface area contributed by atoms with Crippen molar-refractivity contribution in [2.24, 2.45) is 0 Å². The standard InChI is InChI=1S/C51H38BN/c1-51(2)45-27-15-17-29-47(45)52(48-30-18-16-28-46(48)51)53-49-41(37-23-11-5-12-24-37)31-39(35-19-7-3-8-20-35)33-43(49)44-34-40(36-21-9-4-10-22-36)32-42(50(44)53)38-25-13-6-14-26-38/h3-34H,1-2H3. The molecular weight excluding hydrogens is 637 g/mol. The van der Waals surface area contributed by atoms with Crippen molar-refractivity contribution >= 4 is 39.6 Å². The predicted octanol–water partition coefficient (Wildman–Crippen LogP) is 11.8. The van der Waals surface area contributed by atoms with E-state index in [1.165, 1.54) is 88.4 Å². The normalized spacial score (nSPS) is 13.2. The molecule has 250 valence electrons. The zero-order valence-corrected chi connectivity index (χ0v) is 30.0. The van der Waals surface area contributed by atoms with Gasteiger partial charge in [0.05, 0.1) is 0 Å². The summed E-state index contributed by atoms with van der Waals surface area (Å²) in [6.07, 6.45) is 0. The van der Waals surface area contributed by atoms with Gasteiger partial charge in [-0.15, -0.1) is 0 Å². The first kappa shape index (κ1) is 31.4. The number of fused-ring (bicyclic) bond motifs is 5. The van der Waals surface area contributed by atoms with E-state index in [4.69, 9.17) is 0 Å². The van der Waals surface area contributed by atoms with Crippen LogP contribution in [0.3, 0.4) is 0 Å². The fraction of sp³-hybridized carbons (Fsp3) is 0.0588. The minimum atomic E-state index is -0.145. The zero-order chi connectivity index (χ0) is 35.5. The van der Waals surface area contributed by atoms with E-state index in [0.29, 0.717) is 0 Å². The molecule has 2 heterocycles. The van der Waals surface area contributed by atoms with E-state index in [2.05, 4.69) is 212 Å². The fourth-order valence-corrected chi connectivity index (χ4v) is 9.04. The SMILES string of the molecule is CC1(C)c2ccccc2B(n2c3c(-c4ccccc4)cc(-c4ccccc4)cc3c3cc(-c4ccccc4)cc(-c4ccccc4)c32)c2ccccc21. The molecule has 9 aromatic rings. The molecule has 0 fully saturated rings. The van der Waals surface area contributed by atoms with Crippen LogP contribution < -0.4 is 10.9 Å². The average Bonchev–Trinajstić information content (AvgIpc) is 3.55. The fourth-order valence-electron chi connectivity index (χ4n) is 9.04. The molecule has 0 bridgehead atoms. The summed E-state index contributed by atoms with van der Waals surface area (Å²) < 4.78 is 2.71. The minimum absolute atomic E-state index is 0.0505. The molecule has 1 aliphatic heterocycles. The van der Waals surface area contributed by atoms with Crippen molar-refractivity contribution in [3.63, 3.8) is 0 Å². The van der Waals surface area contributed by atoms with Crippen molar-refractivity contribution in [3.8, 4) is 44.5 Å². The largest absolute Gasteiger partial charge is 0.375 e. The Labute approximate surface area is 311 Å². The van der Waals surface area contributed by atoms with Gasteiger partial charge in [-0.1, -0.05) is 184 Å². The van der Waals surface area contributed by atoms with Crippen molar-refractivity contribution in [2.45, 2.75) is 19.3 Å². The maximum atomic E-state index is 2.71. The van der Waals surface area contributed by atoms with Crippen LogP contribution in [0.2, 0.25) is 0 Å². The summed E-state index contributed by atoms with van der Waals surface area (Å²) in [4.78, 5) is 0. The zero-order valence-electron chi connectivity index (χ0n) is 30.0. The highest BCUT2D eigenvalue weighted by atomic mass is 14.9. The first-order chi connectivity index (χ1) is 26.1. The van der Waals surface area contributed by atoms with Crippen LogP contribution in [0.1, 0.15) is 25.0 Å². The third-order valence-corrected chi connectivity index (χ3v) is 11.5. The summed E-state index contributed by atoms with van der Waals surface area (Å²) in [5.41, 5.74) is 17.6. The van der Waals surface area contributed by atoms with Gasteiger partial charge in [-0.3, -0.25) is 0 Å². The topological polar surface area (TPSA) is 4.93 Å². The van der Waals surface area contributed by atoms with Crippen molar-refractivity contribution in [1.82, 2.24) is 4.48 Å². The van der Waals surface area contributed by atoms with E-state index in [1.807, 2.05) is 0 Å². The molecule has 0 unspecified atom stereocenters. The molecule has 0 radical (unpaired) electrons. The predicted molar refractivity (Wildman–Crippen MR) is 227 cm³/mol. The smallest absolute Gasteiger partial charge is 0.328 e. The van der Waals surface area contributed by atoms with Crippen molar-refractivity contribution in [1.29, 1.82) is 0 Å². The molecule has 8 aromatic carbocycles. The maximum absolute atomic E-state index is 2.71. The highest BCUT2D eigenvalue weighted by Crippen LogP contribution is 2.45. The van der Waals surface area contributed by atoms with Crippen LogP contribution in [0.5, 0.6) is 0 Å². The van der Waals surface area contributed by atoms with Gasteiger partial charge in [0.1, 0.15) is 0 Å². The number of nitrogens with zero attached hydrogens (tertiary/aromatic N) is 1. The van der Waals surface area contributed by atoms with Gasteiger partial charge in [-0.05, 0) is 79.7 Å². The van der Waals surface area contributed by atoms with Gasteiger partial charge in [-0.25, -0.2) is 0 Å². The molecule has 53 heavy (non-hydrogen) atoms. The third kappa shape index (κ3) is 5.01. The average molecular weight is 676 g/mol. The summed E-state index contributed by atoms with van der Waals surface area (Å²) in [7, 11) is 0. The molecule has 0 N–H and O–H groups in total. The van der Waals surface area contributed by atoms with Gasteiger partial charge in [0.25, 0.3) is 0 Å². The number of aromatic nitrogens is 1. The molecule has 0 spiro atoms. The van der Waals surface area contributed by atoms with Crippen LogP contribution in [0.4, 0.5) is 0 Å². The van der Waals surface area contributed by atoms with E-state index in [-0.39, 0.29) is 12.3 Å². The lowest BCUT2D eigenvalue weighted by molar-refractivity contribution is 0.645. The van der Waals surface area contributed by atoms with Crippen LogP contribution in [0.25, 0.3) is 66.3 Å². The molecule has 0 atom stereocenters. The van der Waals surface area contributed by atoms with Gasteiger partial charge >= 0.3 is 6.85 Å². The van der Waals surface area contributed by atoms with Crippen LogP contribution in [0.15, 0.2) is 194 Å². The number of benzene rings is 8. The lowest BCUT2D eigenvalue weighted by Crippen LogP contribution is -2.58. The Hall–Kier alpha value is -6.38. The molecule has 1 aliphatic rings. The molecule has 0 amide bonds. The Kier molecular flexibility index (Phi) is 7.33. The van der Waals surface area contributed by atoms with Gasteiger partial charge in [0.15, 0.2) is 0 Å².